The lowest BCUT2D eigenvalue weighted by molar-refractivity contribution is 0.298. The number of para-hydroxylation sites is 1. The molecule has 3 rings (SSSR count). The van der Waals surface area contributed by atoms with Gasteiger partial charge in [0.05, 0.1) is 18.4 Å². The fraction of sp³-hybridized carbons (Fsp3) is 0.400. The van der Waals surface area contributed by atoms with Crippen LogP contribution in [0.15, 0.2) is 36.7 Å². The van der Waals surface area contributed by atoms with Gasteiger partial charge in [-0.3, -0.25) is 4.68 Å². The molecule has 1 aromatic heterocycles. The number of phenols is 1. The molecule has 1 aliphatic carbocycles. The Hall–Kier alpha value is -1.97. The van der Waals surface area contributed by atoms with E-state index in [4.69, 9.17) is 4.74 Å². The van der Waals surface area contributed by atoms with E-state index in [-0.39, 0.29) is 5.75 Å². The number of rotatable bonds is 4. The number of nitrogens with zero attached hydrogens (tertiary/aromatic N) is 2. The topological polar surface area (TPSA) is 47.3 Å². The predicted molar refractivity (Wildman–Crippen MR) is 72.2 cm³/mol. The third-order valence-corrected chi connectivity index (χ3v) is 3.66. The molecule has 19 heavy (non-hydrogen) atoms. The number of phenolic OH excluding ortho intramolecular Hbond substituents is 1. The molecule has 0 saturated heterocycles. The van der Waals surface area contributed by atoms with E-state index >= 15 is 0 Å². The van der Waals surface area contributed by atoms with Gasteiger partial charge in [0.1, 0.15) is 12.4 Å². The van der Waals surface area contributed by atoms with Crippen LogP contribution in [0.2, 0.25) is 0 Å². The molecule has 0 spiro atoms. The molecule has 1 heterocycles. The second-order valence-corrected chi connectivity index (χ2v) is 5.01. The molecular formula is C15H18N2O2. The van der Waals surface area contributed by atoms with Crippen LogP contribution in [-0.2, 0) is 6.61 Å². The molecule has 0 bridgehead atoms. The highest BCUT2D eigenvalue weighted by molar-refractivity contribution is 5.31. The van der Waals surface area contributed by atoms with Gasteiger partial charge in [0, 0.05) is 5.56 Å². The van der Waals surface area contributed by atoms with Crippen LogP contribution < -0.4 is 4.74 Å². The van der Waals surface area contributed by atoms with Crippen molar-refractivity contribution in [2.24, 2.45) is 0 Å². The zero-order chi connectivity index (χ0) is 13.1. The summed E-state index contributed by atoms with van der Waals surface area (Å²) in [5.74, 6) is 1.03. The zero-order valence-electron chi connectivity index (χ0n) is 10.8. The molecule has 1 fully saturated rings. The first-order valence-corrected chi connectivity index (χ1v) is 6.77. The smallest absolute Gasteiger partial charge is 0.157 e. The summed E-state index contributed by atoms with van der Waals surface area (Å²) in [4.78, 5) is 0. The van der Waals surface area contributed by atoms with Crippen molar-refractivity contribution in [2.75, 3.05) is 0 Å². The second-order valence-electron chi connectivity index (χ2n) is 5.01. The van der Waals surface area contributed by atoms with Crippen LogP contribution >= 0.6 is 0 Å². The quantitative estimate of drug-likeness (QED) is 0.915. The monoisotopic (exact) mass is 258 g/mol. The highest BCUT2D eigenvalue weighted by atomic mass is 16.5. The molecule has 0 aliphatic heterocycles. The van der Waals surface area contributed by atoms with Crippen LogP contribution in [-0.4, -0.2) is 14.9 Å². The number of hydrogen-bond donors (Lipinski definition) is 1. The molecule has 0 unspecified atom stereocenters. The van der Waals surface area contributed by atoms with Gasteiger partial charge >= 0.3 is 0 Å². The van der Waals surface area contributed by atoms with Crippen LogP contribution in [0.4, 0.5) is 0 Å². The number of ether oxygens (including phenoxy) is 1. The molecule has 1 aliphatic rings. The van der Waals surface area contributed by atoms with Crippen LogP contribution in [0, 0.1) is 0 Å². The molecular weight excluding hydrogens is 240 g/mol. The first kappa shape index (κ1) is 12.1. The van der Waals surface area contributed by atoms with Crippen LogP contribution in [0.25, 0.3) is 0 Å². The van der Waals surface area contributed by atoms with E-state index in [1.54, 1.807) is 18.3 Å². The summed E-state index contributed by atoms with van der Waals surface area (Å²) in [5.41, 5.74) is 0.788. The van der Waals surface area contributed by atoms with Crippen molar-refractivity contribution in [1.29, 1.82) is 0 Å². The maximum Gasteiger partial charge on any atom is 0.157 e. The minimum Gasteiger partial charge on any atom is -0.508 e. The summed E-state index contributed by atoms with van der Waals surface area (Å²) in [5, 5.41) is 14.0. The summed E-state index contributed by atoms with van der Waals surface area (Å²) in [7, 11) is 0. The Morgan fingerprint density at radius 1 is 1.26 bits per heavy atom. The third kappa shape index (κ3) is 2.72. The van der Waals surface area contributed by atoms with Crippen molar-refractivity contribution < 1.29 is 9.84 Å². The molecule has 1 saturated carbocycles. The molecule has 4 heteroatoms. The van der Waals surface area contributed by atoms with E-state index in [9.17, 15) is 5.11 Å². The zero-order valence-corrected chi connectivity index (χ0v) is 10.8. The number of aromatic hydroxyl groups is 1. The highest BCUT2D eigenvalue weighted by Crippen LogP contribution is 2.30. The average Bonchev–Trinajstić information content (AvgIpc) is 3.09. The molecule has 2 aromatic rings. The van der Waals surface area contributed by atoms with Gasteiger partial charge in [-0.1, -0.05) is 31.0 Å². The Morgan fingerprint density at radius 2 is 2.05 bits per heavy atom. The molecule has 0 amide bonds. The molecule has 1 aromatic carbocycles. The number of benzene rings is 1. The number of aromatic nitrogens is 2. The van der Waals surface area contributed by atoms with Crippen LogP contribution in [0.5, 0.6) is 11.5 Å². The summed E-state index contributed by atoms with van der Waals surface area (Å²) in [6.45, 7) is 0.364. The first-order valence-electron chi connectivity index (χ1n) is 6.77. The van der Waals surface area contributed by atoms with Gasteiger partial charge in [0.25, 0.3) is 0 Å². The van der Waals surface area contributed by atoms with Crippen molar-refractivity contribution in [2.45, 2.75) is 38.3 Å². The SMILES string of the molecule is Oc1ccccc1COc1cnn(C2CCCC2)c1. The third-order valence-electron chi connectivity index (χ3n) is 3.66. The van der Waals surface area contributed by atoms with Gasteiger partial charge in [-0.05, 0) is 18.9 Å². The molecule has 4 nitrogen and oxygen atoms in total. The van der Waals surface area contributed by atoms with E-state index in [1.165, 1.54) is 25.7 Å². The van der Waals surface area contributed by atoms with E-state index in [0.717, 1.165) is 11.3 Å². The molecule has 1 N–H and O–H groups in total. The normalized spacial score (nSPS) is 15.8. The Kier molecular flexibility index (Phi) is 3.40. The van der Waals surface area contributed by atoms with Crippen LogP contribution in [0.3, 0.4) is 0 Å². The Labute approximate surface area is 112 Å². The average molecular weight is 258 g/mol. The van der Waals surface area contributed by atoms with Gasteiger partial charge in [0.15, 0.2) is 5.75 Å². The maximum absolute atomic E-state index is 9.67. The lowest BCUT2D eigenvalue weighted by Gasteiger charge is -2.08. The second kappa shape index (κ2) is 5.34. The standard InChI is InChI=1S/C15H18N2O2/c18-15-8-4-1-5-12(15)11-19-14-9-16-17(10-14)13-6-2-3-7-13/h1,4-5,8-10,13,18H,2-3,6-7,11H2. The van der Waals surface area contributed by atoms with Crippen molar-refractivity contribution >= 4 is 0 Å². The van der Waals surface area contributed by atoms with Gasteiger partial charge in [0.2, 0.25) is 0 Å². The largest absolute Gasteiger partial charge is 0.508 e. The van der Waals surface area contributed by atoms with Gasteiger partial charge < -0.3 is 9.84 Å². The van der Waals surface area contributed by atoms with Crippen molar-refractivity contribution in [3.05, 3.63) is 42.2 Å². The Bertz CT molecular complexity index is 545. The molecule has 100 valence electrons. The van der Waals surface area contributed by atoms with Crippen molar-refractivity contribution in [1.82, 2.24) is 9.78 Å². The first-order chi connectivity index (χ1) is 9.33. The summed E-state index contributed by atoms with van der Waals surface area (Å²) >= 11 is 0. The summed E-state index contributed by atoms with van der Waals surface area (Å²) in [6.07, 6.45) is 8.70. The predicted octanol–water partition coefficient (Wildman–Crippen LogP) is 3.28. The van der Waals surface area contributed by atoms with E-state index in [0.29, 0.717) is 12.6 Å². The van der Waals surface area contributed by atoms with Gasteiger partial charge in [-0.15, -0.1) is 0 Å². The summed E-state index contributed by atoms with van der Waals surface area (Å²) in [6, 6.07) is 7.75. The Balaban J connectivity index is 1.63. The minimum atomic E-state index is 0.269. The van der Waals surface area contributed by atoms with E-state index in [1.807, 2.05) is 23.0 Å². The van der Waals surface area contributed by atoms with Gasteiger partial charge in [-0.2, -0.15) is 5.10 Å². The maximum atomic E-state index is 9.67. The number of hydrogen-bond acceptors (Lipinski definition) is 3. The lowest BCUT2D eigenvalue weighted by Crippen LogP contribution is -2.04. The molecule has 0 atom stereocenters. The van der Waals surface area contributed by atoms with Crippen LogP contribution in [0.1, 0.15) is 37.3 Å². The highest BCUT2D eigenvalue weighted by Gasteiger charge is 2.17. The van der Waals surface area contributed by atoms with Gasteiger partial charge in [-0.25, -0.2) is 0 Å². The molecule has 0 radical (unpaired) electrons. The Morgan fingerprint density at radius 3 is 2.84 bits per heavy atom. The van der Waals surface area contributed by atoms with Crippen molar-refractivity contribution in [3.63, 3.8) is 0 Å². The van der Waals surface area contributed by atoms with E-state index in [2.05, 4.69) is 5.10 Å². The fourth-order valence-corrected chi connectivity index (χ4v) is 2.56. The van der Waals surface area contributed by atoms with E-state index < -0.39 is 0 Å². The fourth-order valence-electron chi connectivity index (χ4n) is 2.56. The van der Waals surface area contributed by atoms with Crippen molar-refractivity contribution in [3.8, 4) is 11.5 Å². The summed E-state index contributed by atoms with van der Waals surface area (Å²) < 4.78 is 7.68. The minimum absolute atomic E-state index is 0.269. The lowest BCUT2D eigenvalue weighted by atomic mass is 10.2.